The molecule has 4 nitrogen and oxygen atoms in total. The molecule has 2 heterocycles. The number of nitriles is 1. The van der Waals surface area contributed by atoms with Crippen LogP contribution >= 0.6 is 0 Å². The Morgan fingerprint density at radius 1 is 0.724 bits per heavy atom. The molecule has 0 radical (unpaired) electrons. The van der Waals surface area contributed by atoms with Crippen LogP contribution in [0.25, 0.3) is 39.0 Å². The molecule has 5 aromatic rings. The van der Waals surface area contributed by atoms with E-state index in [1.807, 2.05) is 102 Å². The van der Waals surface area contributed by atoms with Gasteiger partial charge >= 0.3 is 0 Å². The molecule has 29 heavy (non-hydrogen) atoms. The molecule has 0 fully saturated rings. The van der Waals surface area contributed by atoms with Gasteiger partial charge in [-0.2, -0.15) is 10.4 Å². The summed E-state index contributed by atoms with van der Waals surface area (Å²) in [5, 5.41) is 15.7. The van der Waals surface area contributed by atoms with Gasteiger partial charge in [0.15, 0.2) is 5.69 Å². The van der Waals surface area contributed by atoms with Crippen LogP contribution in [-0.2, 0) is 0 Å². The Bertz CT molecular complexity index is 1330. The summed E-state index contributed by atoms with van der Waals surface area (Å²) in [5.74, 6) is 0. The third-order valence-electron chi connectivity index (χ3n) is 4.90. The number of hydrogen-bond donors (Lipinski definition) is 0. The standard InChI is InChI=1S/C25H16N4/c26-16-22-23(18-10-4-1-5-11-18)25-21(24(27-22)19-12-6-2-7-13-19)17-29(28-25)20-14-8-3-9-15-20/h1-15,17H. The van der Waals surface area contributed by atoms with E-state index in [-0.39, 0.29) is 0 Å². The lowest BCUT2D eigenvalue weighted by Gasteiger charge is -2.09. The van der Waals surface area contributed by atoms with Gasteiger partial charge in [-0.05, 0) is 17.7 Å². The molecular weight excluding hydrogens is 356 g/mol. The smallest absolute Gasteiger partial charge is 0.151 e. The minimum Gasteiger partial charge on any atom is -0.240 e. The molecule has 0 unspecified atom stereocenters. The first-order valence-electron chi connectivity index (χ1n) is 9.35. The number of pyridine rings is 1. The Labute approximate surface area is 168 Å². The van der Waals surface area contributed by atoms with Crippen LogP contribution in [0.1, 0.15) is 5.69 Å². The second-order valence-electron chi connectivity index (χ2n) is 6.70. The summed E-state index contributed by atoms with van der Waals surface area (Å²) in [6, 6.07) is 32.0. The molecule has 2 aromatic heterocycles. The number of para-hydroxylation sites is 1. The molecular formula is C25H16N4. The molecule has 0 aliphatic carbocycles. The van der Waals surface area contributed by atoms with Crippen molar-refractivity contribution in [1.29, 1.82) is 5.26 Å². The van der Waals surface area contributed by atoms with Crippen molar-refractivity contribution in [1.82, 2.24) is 14.8 Å². The van der Waals surface area contributed by atoms with Crippen LogP contribution in [-0.4, -0.2) is 14.8 Å². The first-order chi connectivity index (χ1) is 14.3. The van der Waals surface area contributed by atoms with Crippen molar-refractivity contribution in [2.75, 3.05) is 0 Å². The van der Waals surface area contributed by atoms with Crippen LogP contribution in [0, 0.1) is 11.3 Å². The number of hydrogen-bond acceptors (Lipinski definition) is 3. The maximum absolute atomic E-state index is 9.89. The van der Waals surface area contributed by atoms with Gasteiger partial charge in [-0.15, -0.1) is 0 Å². The minimum absolute atomic E-state index is 0.376. The van der Waals surface area contributed by atoms with E-state index >= 15 is 0 Å². The molecule has 4 heteroatoms. The third kappa shape index (κ3) is 2.95. The second kappa shape index (κ2) is 7.06. The van der Waals surface area contributed by atoms with E-state index in [0.717, 1.165) is 39.0 Å². The largest absolute Gasteiger partial charge is 0.240 e. The van der Waals surface area contributed by atoms with E-state index in [4.69, 9.17) is 10.1 Å². The SMILES string of the molecule is N#Cc1nc(-c2ccccc2)c2cn(-c3ccccc3)nc2c1-c1ccccc1. The quantitative estimate of drug-likeness (QED) is 0.413. The predicted molar refractivity (Wildman–Crippen MR) is 114 cm³/mol. The summed E-state index contributed by atoms with van der Waals surface area (Å²) >= 11 is 0. The first-order valence-corrected chi connectivity index (χ1v) is 9.35. The summed E-state index contributed by atoms with van der Waals surface area (Å²) in [7, 11) is 0. The Kier molecular flexibility index (Phi) is 4.12. The molecule has 0 saturated carbocycles. The zero-order valence-electron chi connectivity index (χ0n) is 15.5. The normalized spacial score (nSPS) is 10.7. The second-order valence-corrected chi connectivity index (χ2v) is 6.70. The van der Waals surface area contributed by atoms with Gasteiger partial charge in [0.2, 0.25) is 0 Å². The van der Waals surface area contributed by atoms with Crippen LogP contribution in [0.4, 0.5) is 0 Å². The molecule has 0 aliphatic heterocycles. The highest BCUT2D eigenvalue weighted by molar-refractivity contribution is 6.02. The zero-order chi connectivity index (χ0) is 19.6. The molecule has 0 spiro atoms. The molecule has 0 N–H and O–H groups in total. The molecule has 136 valence electrons. The molecule has 0 atom stereocenters. The van der Waals surface area contributed by atoms with Gasteiger partial charge in [-0.1, -0.05) is 78.9 Å². The summed E-state index contributed by atoms with van der Waals surface area (Å²) < 4.78 is 1.85. The summed E-state index contributed by atoms with van der Waals surface area (Å²) in [6.07, 6.45) is 1.99. The van der Waals surface area contributed by atoms with Crippen molar-refractivity contribution in [3.05, 3.63) is 103 Å². The fourth-order valence-electron chi connectivity index (χ4n) is 3.56. The minimum atomic E-state index is 0.376. The van der Waals surface area contributed by atoms with Crippen molar-refractivity contribution in [2.24, 2.45) is 0 Å². The average molecular weight is 372 g/mol. The van der Waals surface area contributed by atoms with Crippen LogP contribution in [0.2, 0.25) is 0 Å². The number of rotatable bonds is 3. The van der Waals surface area contributed by atoms with Gasteiger partial charge in [0.05, 0.1) is 11.4 Å². The number of fused-ring (bicyclic) bond motifs is 1. The third-order valence-corrected chi connectivity index (χ3v) is 4.90. The van der Waals surface area contributed by atoms with E-state index < -0.39 is 0 Å². The van der Waals surface area contributed by atoms with Crippen molar-refractivity contribution in [2.45, 2.75) is 0 Å². The van der Waals surface area contributed by atoms with Crippen molar-refractivity contribution < 1.29 is 0 Å². The lowest BCUT2D eigenvalue weighted by atomic mass is 9.99. The molecule has 0 amide bonds. The van der Waals surface area contributed by atoms with Crippen LogP contribution in [0.15, 0.2) is 97.2 Å². The maximum atomic E-state index is 9.89. The van der Waals surface area contributed by atoms with Gasteiger partial charge in [-0.3, -0.25) is 0 Å². The van der Waals surface area contributed by atoms with E-state index in [9.17, 15) is 5.26 Å². The summed E-state index contributed by atoms with van der Waals surface area (Å²) in [5.41, 5.74) is 5.52. The highest BCUT2D eigenvalue weighted by atomic mass is 15.3. The van der Waals surface area contributed by atoms with Crippen molar-refractivity contribution >= 4 is 10.9 Å². The zero-order valence-corrected chi connectivity index (χ0v) is 15.5. The van der Waals surface area contributed by atoms with Gasteiger partial charge in [0.25, 0.3) is 0 Å². The van der Waals surface area contributed by atoms with Gasteiger partial charge in [-0.25, -0.2) is 9.67 Å². The Morgan fingerprint density at radius 2 is 1.31 bits per heavy atom. The lowest BCUT2D eigenvalue weighted by molar-refractivity contribution is 0.897. The highest BCUT2D eigenvalue weighted by Gasteiger charge is 2.20. The lowest BCUT2D eigenvalue weighted by Crippen LogP contribution is -1.96. The van der Waals surface area contributed by atoms with Crippen molar-refractivity contribution in [3.8, 4) is 34.1 Å². The molecule has 5 rings (SSSR count). The monoisotopic (exact) mass is 372 g/mol. The van der Waals surface area contributed by atoms with Crippen LogP contribution in [0.3, 0.4) is 0 Å². The molecule has 0 saturated heterocycles. The Morgan fingerprint density at radius 3 is 1.93 bits per heavy atom. The fourth-order valence-corrected chi connectivity index (χ4v) is 3.56. The van der Waals surface area contributed by atoms with E-state index in [2.05, 4.69) is 6.07 Å². The number of benzene rings is 3. The number of nitrogens with zero attached hydrogens (tertiary/aromatic N) is 4. The fraction of sp³-hybridized carbons (Fsp3) is 0. The maximum Gasteiger partial charge on any atom is 0.151 e. The van der Waals surface area contributed by atoms with Crippen LogP contribution < -0.4 is 0 Å². The molecule has 0 aliphatic rings. The number of aromatic nitrogens is 3. The van der Waals surface area contributed by atoms with Gasteiger partial charge < -0.3 is 0 Å². The Balaban J connectivity index is 1.88. The van der Waals surface area contributed by atoms with Gasteiger partial charge in [0.1, 0.15) is 11.6 Å². The first kappa shape index (κ1) is 16.9. The van der Waals surface area contributed by atoms with Crippen molar-refractivity contribution in [3.63, 3.8) is 0 Å². The van der Waals surface area contributed by atoms with E-state index in [1.54, 1.807) is 0 Å². The predicted octanol–water partition coefficient (Wildman–Crippen LogP) is 5.63. The Hall–Kier alpha value is -4.23. The highest BCUT2D eigenvalue weighted by Crippen LogP contribution is 2.36. The molecule has 3 aromatic carbocycles. The van der Waals surface area contributed by atoms with E-state index in [1.165, 1.54) is 0 Å². The average Bonchev–Trinajstić information content (AvgIpc) is 3.25. The summed E-state index contributed by atoms with van der Waals surface area (Å²) in [4.78, 5) is 4.76. The van der Waals surface area contributed by atoms with E-state index in [0.29, 0.717) is 5.69 Å². The van der Waals surface area contributed by atoms with Gasteiger partial charge in [0, 0.05) is 22.7 Å². The molecule has 0 bridgehead atoms. The topological polar surface area (TPSA) is 54.5 Å². The summed E-state index contributed by atoms with van der Waals surface area (Å²) in [6.45, 7) is 0. The van der Waals surface area contributed by atoms with Crippen LogP contribution in [0.5, 0.6) is 0 Å².